The van der Waals surface area contributed by atoms with Crippen molar-refractivity contribution in [3.63, 3.8) is 0 Å². The van der Waals surface area contributed by atoms with Crippen LogP contribution in [0.1, 0.15) is 23.2 Å². The van der Waals surface area contributed by atoms with E-state index in [9.17, 15) is 31.2 Å². The molecule has 30 heavy (non-hydrogen) atoms. The molecule has 1 fully saturated rings. The number of halogens is 3. The molecule has 2 aromatic rings. The van der Waals surface area contributed by atoms with E-state index in [-0.39, 0.29) is 36.4 Å². The van der Waals surface area contributed by atoms with E-state index < -0.39 is 51.8 Å². The number of ether oxygens (including phenoxy) is 1. The topological polar surface area (TPSA) is 80.8 Å². The van der Waals surface area contributed by atoms with Gasteiger partial charge in [0, 0.05) is 18.7 Å². The highest BCUT2D eigenvalue weighted by Gasteiger charge is 2.33. The summed E-state index contributed by atoms with van der Waals surface area (Å²) in [5.74, 6) is -4.76. The zero-order chi connectivity index (χ0) is 21.9. The molecule has 3 rings (SSSR count). The van der Waals surface area contributed by atoms with Crippen LogP contribution in [-0.4, -0.2) is 44.2 Å². The normalized spacial score (nSPS) is 15.7. The van der Waals surface area contributed by atoms with Gasteiger partial charge in [-0.25, -0.2) is 21.6 Å². The first-order valence-corrected chi connectivity index (χ1v) is 10.5. The van der Waals surface area contributed by atoms with Crippen molar-refractivity contribution in [2.24, 2.45) is 5.92 Å². The van der Waals surface area contributed by atoms with Gasteiger partial charge in [-0.3, -0.25) is 9.59 Å². The molecule has 0 saturated carbocycles. The Morgan fingerprint density at radius 3 is 2.20 bits per heavy atom. The second-order valence-electron chi connectivity index (χ2n) is 6.79. The maximum Gasteiger partial charge on any atom is 0.309 e. The molecule has 10 heteroatoms. The Morgan fingerprint density at radius 2 is 1.60 bits per heavy atom. The molecule has 0 spiro atoms. The van der Waals surface area contributed by atoms with Gasteiger partial charge in [0.15, 0.2) is 24.0 Å². The molecule has 160 valence electrons. The highest BCUT2D eigenvalue weighted by Crippen LogP contribution is 2.25. The van der Waals surface area contributed by atoms with Crippen LogP contribution in [0.2, 0.25) is 0 Å². The van der Waals surface area contributed by atoms with E-state index in [0.717, 1.165) is 30.3 Å². The monoisotopic (exact) mass is 441 g/mol. The van der Waals surface area contributed by atoms with Crippen LogP contribution in [-0.2, 0) is 19.6 Å². The second kappa shape index (κ2) is 8.97. The summed E-state index contributed by atoms with van der Waals surface area (Å²) in [5.41, 5.74) is -0.123. The van der Waals surface area contributed by atoms with Crippen LogP contribution in [0.3, 0.4) is 0 Å². The average molecular weight is 441 g/mol. The lowest BCUT2D eigenvalue weighted by atomic mass is 9.98. The molecule has 0 unspecified atom stereocenters. The number of rotatable bonds is 6. The lowest BCUT2D eigenvalue weighted by molar-refractivity contribution is -0.148. The van der Waals surface area contributed by atoms with Crippen molar-refractivity contribution in [3.8, 4) is 0 Å². The van der Waals surface area contributed by atoms with Crippen molar-refractivity contribution in [1.82, 2.24) is 4.31 Å². The van der Waals surface area contributed by atoms with Gasteiger partial charge in [0.05, 0.1) is 10.8 Å². The largest absolute Gasteiger partial charge is 0.457 e. The molecule has 1 aliphatic rings. The second-order valence-corrected chi connectivity index (χ2v) is 8.73. The highest BCUT2D eigenvalue weighted by molar-refractivity contribution is 7.89. The fourth-order valence-electron chi connectivity index (χ4n) is 3.09. The number of hydrogen-bond acceptors (Lipinski definition) is 5. The summed E-state index contributed by atoms with van der Waals surface area (Å²) in [6, 6.07) is 7.09. The van der Waals surface area contributed by atoms with Gasteiger partial charge in [0.1, 0.15) is 5.82 Å². The summed E-state index contributed by atoms with van der Waals surface area (Å²) in [6.07, 6.45) is 0.386. The number of esters is 1. The summed E-state index contributed by atoms with van der Waals surface area (Å²) in [4.78, 5) is 24.1. The summed E-state index contributed by atoms with van der Waals surface area (Å²) in [6.45, 7) is -0.495. The van der Waals surface area contributed by atoms with Gasteiger partial charge in [-0.15, -0.1) is 0 Å². The van der Waals surface area contributed by atoms with Crippen molar-refractivity contribution >= 4 is 21.8 Å². The molecule has 0 atom stereocenters. The first kappa shape index (κ1) is 22.0. The van der Waals surface area contributed by atoms with Crippen LogP contribution in [0.15, 0.2) is 47.4 Å². The third-order valence-corrected chi connectivity index (χ3v) is 6.74. The number of ketones is 1. The predicted octanol–water partition coefficient (Wildman–Crippen LogP) is 2.93. The average Bonchev–Trinajstić information content (AvgIpc) is 2.74. The predicted molar refractivity (Wildman–Crippen MR) is 99.5 cm³/mol. The fraction of sp³-hybridized carbons (Fsp3) is 0.300. The molecule has 2 aromatic carbocycles. The minimum absolute atomic E-state index is 0.0398. The molecular formula is C20H18F3NO5S. The van der Waals surface area contributed by atoms with Crippen molar-refractivity contribution < 1.29 is 35.9 Å². The summed E-state index contributed by atoms with van der Waals surface area (Å²) >= 11 is 0. The first-order chi connectivity index (χ1) is 14.2. The van der Waals surface area contributed by atoms with Crippen molar-refractivity contribution in [2.45, 2.75) is 17.7 Å². The van der Waals surface area contributed by atoms with Gasteiger partial charge in [-0.1, -0.05) is 0 Å². The smallest absolute Gasteiger partial charge is 0.309 e. The van der Waals surface area contributed by atoms with E-state index >= 15 is 0 Å². The number of nitrogens with zero attached hydrogens (tertiary/aromatic N) is 1. The van der Waals surface area contributed by atoms with E-state index in [1.165, 1.54) is 16.4 Å². The Bertz CT molecular complexity index is 1050. The van der Waals surface area contributed by atoms with Crippen molar-refractivity contribution in [1.29, 1.82) is 0 Å². The van der Waals surface area contributed by atoms with E-state index in [0.29, 0.717) is 0 Å². The maximum absolute atomic E-state index is 13.2. The standard InChI is InChI=1S/C20H18F3NO5S/c21-15-2-4-16(5-3-15)30(27,28)24-9-7-13(8-10-24)20(26)29-12-19(25)14-1-6-17(22)18(23)11-14/h1-6,11,13H,7-10,12H2. The molecular weight excluding hydrogens is 423 g/mol. The van der Waals surface area contributed by atoms with E-state index in [1.807, 2.05) is 0 Å². The zero-order valence-corrected chi connectivity index (χ0v) is 16.5. The minimum atomic E-state index is -3.80. The van der Waals surface area contributed by atoms with Crippen LogP contribution >= 0.6 is 0 Å². The number of benzene rings is 2. The Labute approximate surface area is 171 Å². The van der Waals surface area contributed by atoms with Crippen molar-refractivity contribution in [3.05, 3.63) is 65.5 Å². The number of Topliss-reactive ketones (excluding diaryl/α,β-unsaturated/α-hetero) is 1. The number of piperidine rings is 1. The zero-order valence-electron chi connectivity index (χ0n) is 15.7. The third-order valence-electron chi connectivity index (χ3n) is 4.83. The lowest BCUT2D eigenvalue weighted by Gasteiger charge is -2.30. The summed E-state index contributed by atoms with van der Waals surface area (Å²) in [7, 11) is -3.80. The van der Waals surface area contributed by atoms with Gasteiger partial charge in [0.25, 0.3) is 0 Å². The molecule has 1 aliphatic heterocycles. The quantitative estimate of drug-likeness (QED) is 0.509. The molecule has 6 nitrogen and oxygen atoms in total. The number of hydrogen-bond donors (Lipinski definition) is 0. The van der Waals surface area contributed by atoms with E-state index in [2.05, 4.69) is 0 Å². The van der Waals surface area contributed by atoms with Crippen LogP contribution in [0.4, 0.5) is 13.2 Å². The van der Waals surface area contributed by atoms with Gasteiger partial charge >= 0.3 is 5.97 Å². The van der Waals surface area contributed by atoms with Crippen molar-refractivity contribution in [2.75, 3.05) is 19.7 Å². The van der Waals surface area contributed by atoms with Crippen LogP contribution in [0.25, 0.3) is 0 Å². The Hall–Kier alpha value is -2.72. The van der Waals surface area contributed by atoms with E-state index in [4.69, 9.17) is 4.74 Å². The highest BCUT2D eigenvalue weighted by atomic mass is 32.2. The van der Waals surface area contributed by atoms with Crippen LogP contribution in [0, 0.1) is 23.4 Å². The number of carbonyl (C=O) groups is 2. The minimum Gasteiger partial charge on any atom is -0.457 e. The summed E-state index contributed by atoms with van der Waals surface area (Å²) in [5, 5.41) is 0. The molecule has 0 aliphatic carbocycles. The molecule has 1 saturated heterocycles. The Balaban J connectivity index is 1.53. The lowest BCUT2D eigenvalue weighted by Crippen LogP contribution is -2.40. The van der Waals surface area contributed by atoms with Gasteiger partial charge in [-0.2, -0.15) is 4.31 Å². The Morgan fingerprint density at radius 1 is 0.967 bits per heavy atom. The SMILES string of the molecule is O=C(COC(=O)C1CCN(S(=O)(=O)c2ccc(F)cc2)CC1)c1ccc(F)c(F)c1. The molecule has 0 amide bonds. The van der Waals surface area contributed by atoms with Gasteiger partial charge in [0.2, 0.25) is 10.0 Å². The van der Waals surface area contributed by atoms with Crippen LogP contribution < -0.4 is 0 Å². The first-order valence-electron chi connectivity index (χ1n) is 9.09. The molecule has 0 N–H and O–H groups in total. The van der Waals surface area contributed by atoms with Crippen LogP contribution in [0.5, 0.6) is 0 Å². The third kappa shape index (κ3) is 4.88. The number of carbonyl (C=O) groups excluding carboxylic acids is 2. The molecule has 0 aromatic heterocycles. The number of sulfonamides is 1. The van der Waals surface area contributed by atoms with Gasteiger partial charge in [-0.05, 0) is 55.3 Å². The van der Waals surface area contributed by atoms with Gasteiger partial charge < -0.3 is 4.74 Å². The summed E-state index contributed by atoms with van der Waals surface area (Å²) < 4.78 is 70.5. The molecule has 0 radical (unpaired) electrons. The Kier molecular flexibility index (Phi) is 6.57. The maximum atomic E-state index is 13.2. The molecule has 1 heterocycles. The van der Waals surface area contributed by atoms with E-state index in [1.54, 1.807) is 0 Å². The molecule has 0 bridgehead atoms. The fourth-order valence-corrected chi connectivity index (χ4v) is 4.56.